The molecule has 2 aromatic rings. The van der Waals surface area contributed by atoms with Crippen LogP contribution in [0.3, 0.4) is 0 Å². The van der Waals surface area contributed by atoms with Crippen LogP contribution < -0.4 is 10.5 Å². The van der Waals surface area contributed by atoms with Gasteiger partial charge >= 0.3 is 0 Å². The maximum Gasteiger partial charge on any atom is 0.124 e. The first-order valence-electron chi connectivity index (χ1n) is 6.26. The number of hydrogen-bond acceptors (Lipinski definition) is 3. The lowest BCUT2D eigenvalue weighted by molar-refractivity contribution is 0.305. The molecule has 102 valence electrons. The number of rotatable bonds is 4. The van der Waals surface area contributed by atoms with Gasteiger partial charge in [-0.25, -0.2) is 4.39 Å². The second kappa shape index (κ2) is 6.18. The zero-order valence-electron chi connectivity index (χ0n) is 11.1. The summed E-state index contributed by atoms with van der Waals surface area (Å²) in [5, 5.41) is 8.80. The van der Waals surface area contributed by atoms with Gasteiger partial charge in [-0.05, 0) is 48.4 Å². The van der Waals surface area contributed by atoms with Gasteiger partial charge in [-0.15, -0.1) is 0 Å². The Kier molecular flexibility index (Phi) is 4.34. The molecule has 3 nitrogen and oxygen atoms in total. The van der Waals surface area contributed by atoms with Crippen LogP contribution in [0, 0.1) is 17.1 Å². The zero-order valence-corrected chi connectivity index (χ0v) is 11.1. The maximum absolute atomic E-state index is 13.3. The zero-order chi connectivity index (χ0) is 14.5. The molecular weight excluding hydrogens is 255 g/mol. The Bertz CT molecular complexity index is 647. The van der Waals surface area contributed by atoms with E-state index < -0.39 is 5.82 Å². The van der Waals surface area contributed by atoms with Gasteiger partial charge < -0.3 is 10.5 Å². The monoisotopic (exact) mass is 270 g/mol. The molecule has 0 aliphatic rings. The molecule has 0 bridgehead atoms. The van der Waals surface area contributed by atoms with E-state index >= 15 is 0 Å². The van der Waals surface area contributed by atoms with Gasteiger partial charge in [0.1, 0.15) is 18.2 Å². The van der Waals surface area contributed by atoms with E-state index in [1.807, 2.05) is 37.3 Å². The quantitative estimate of drug-likeness (QED) is 0.927. The van der Waals surface area contributed by atoms with Crippen LogP contribution in [0.2, 0.25) is 0 Å². The van der Waals surface area contributed by atoms with E-state index in [4.69, 9.17) is 15.7 Å². The van der Waals surface area contributed by atoms with E-state index in [-0.39, 0.29) is 18.2 Å². The average molecular weight is 270 g/mol. The molecule has 4 heteroatoms. The van der Waals surface area contributed by atoms with Gasteiger partial charge in [0.05, 0.1) is 11.6 Å². The van der Waals surface area contributed by atoms with Crippen molar-refractivity contribution in [2.75, 3.05) is 0 Å². The third-order valence-corrected chi connectivity index (χ3v) is 2.88. The summed E-state index contributed by atoms with van der Waals surface area (Å²) in [6, 6.07) is 13.5. The molecular formula is C16H15FN2O. The lowest BCUT2D eigenvalue weighted by Gasteiger charge is -2.10. The number of nitriles is 1. The van der Waals surface area contributed by atoms with Crippen molar-refractivity contribution in [3.63, 3.8) is 0 Å². The van der Waals surface area contributed by atoms with Crippen LogP contribution in [0.5, 0.6) is 5.75 Å². The predicted molar refractivity (Wildman–Crippen MR) is 74.5 cm³/mol. The highest BCUT2D eigenvalue weighted by atomic mass is 19.1. The van der Waals surface area contributed by atoms with E-state index in [1.165, 1.54) is 12.1 Å². The first-order chi connectivity index (χ1) is 9.58. The average Bonchev–Trinajstić information content (AvgIpc) is 2.44. The Morgan fingerprint density at radius 3 is 2.80 bits per heavy atom. The van der Waals surface area contributed by atoms with Gasteiger partial charge in [0.25, 0.3) is 0 Å². The number of halogens is 1. The lowest BCUT2D eigenvalue weighted by atomic mass is 10.1. The van der Waals surface area contributed by atoms with Crippen LogP contribution in [0.15, 0.2) is 42.5 Å². The topological polar surface area (TPSA) is 59.0 Å². The third kappa shape index (κ3) is 3.56. The molecule has 0 aromatic heterocycles. The predicted octanol–water partition coefficient (Wildman–Crippen LogP) is 3.30. The van der Waals surface area contributed by atoms with Crippen LogP contribution >= 0.6 is 0 Å². The molecule has 0 radical (unpaired) electrons. The largest absolute Gasteiger partial charge is 0.489 e. The first-order valence-corrected chi connectivity index (χ1v) is 6.26. The standard InChI is InChI=1S/C16H15FN2O/c1-11(19)14-3-2-4-16(8-14)20-10-13-5-12(9-18)6-15(17)7-13/h2-8,11H,10,19H2,1H3/t11-/m0/s1. The van der Waals surface area contributed by atoms with Crippen molar-refractivity contribution in [1.82, 2.24) is 0 Å². The normalized spacial score (nSPS) is 11.7. The molecule has 0 spiro atoms. The molecule has 0 aliphatic carbocycles. The maximum atomic E-state index is 13.3. The fourth-order valence-corrected chi connectivity index (χ4v) is 1.85. The number of nitrogens with zero attached hydrogens (tertiary/aromatic N) is 1. The first kappa shape index (κ1) is 14.0. The van der Waals surface area contributed by atoms with Crippen LogP contribution in [0.25, 0.3) is 0 Å². The Morgan fingerprint density at radius 2 is 2.10 bits per heavy atom. The molecule has 0 fully saturated rings. The molecule has 20 heavy (non-hydrogen) atoms. The van der Waals surface area contributed by atoms with Gasteiger partial charge in [-0.2, -0.15) is 5.26 Å². The minimum atomic E-state index is -0.438. The number of hydrogen-bond donors (Lipinski definition) is 1. The van der Waals surface area contributed by atoms with Crippen LogP contribution in [0.4, 0.5) is 4.39 Å². The van der Waals surface area contributed by atoms with Crippen molar-refractivity contribution >= 4 is 0 Å². The van der Waals surface area contributed by atoms with Crippen molar-refractivity contribution in [2.24, 2.45) is 5.73 Å². The summed E-state index contributed by atoms with van der Waals surface area (Å²) in [6.45, 7) is 2.10. The van der Waals surface area contributed by atoms with Crippen LogP contribution in [0.1, 0.15) is 29.7 Å². The van der Waals surface area contributed by atoms with Gasteiger partial charge in [0.2, 0.25) is 0 Å². The fourth-order valence-electron chi connectivity index (χ4n) is 1.85. The molecule has 1 atom stereocenters. The highest BCUT2D eigenvalue weighted by Crippen LogP contribution is 2.19. The molecule has 0 saturated heterocycles. The van der Waals surface area contributed by atoms with Crippen LogP contribution in [-0.2, 0) is 6.61 Å². The van der Waals surface area contributed by atoms with E-state index in [0.29, 0.717) is 11.3 Å². The number of ether oxygens (including phenoxy) is 1. The summed E-state index contributed by atoms with van der Waals surface area (Å²) in [6.07, 6.45) is 0. The molecule has 0 saturated carbocycles. The number of benzene rings is 2. The van der Waals surface area contributed by atoms with E-state index in [0.717, 1.165) is 5.56 Å². The summed E-state index contributed by atoms with van der Waals surface area (Å²) in [5.74, 6) is 0.231. The molecule has 0 unspecified atom stereocenters. The Balaban J connectivity index is 2.11. The summed E-state index contributed by atoms with van der Waals surface area (Å²) in [7, 11) is 0. The lowest BCUT2D eigenvalue weighted by Crippen LogP contribution is -2.05. The second-order valence-corrected chi connectivity index (χ2v) is 4.61. The molecule has 0 aliphatic heterocycles. The molecule has 2 aromatic carbocycles. The van der Waals surface area contributed by atoms with E-state index in [9.17, 15) is 4.39 Å². The van der Waals surface area contributed by atoms with Crippen molar-refractivity contribution < 1.29 is 9.13 Å². The Hall–Kier alpha value is -2.38. The SMILES string of the molecule is C[C@H](N)c1cccc(OCc2cc(F)cc(C#N)c2)c1. The number of nitrogens with two attached hydrogens (primary N) is 1. The van der Waals surface area contributed by atoms with Gasteiger partial charge in [-0.1, -0.05) is 12.1 Å². The Morgan fingerprint density at radius 1 is 1.30 bits per heavy atom. The van der Waals surface area contributed by atoms with Gasteiger partial charge in [0, 0.05) is 6.04 Å². The summed E-state index contributed by atoms with van der Waals surface area (Å²) in [5.41, 5.74) is 7.68. The van der Waals surface area contributed by atoms with E-state index in [2.05, 4.69) is 0 Å². The summed E-state index contributed by atoms with van der Waals surface area (Å²) >= 11 is 0. The van der Waals surface area contributed by atoms with Crippen molar-refractivity contribution in [3.05, 3.63) is 65.0 Å². The van der Waals surface area contributed by atoms with Crippen LogP contribution in [-0.4, -0.2) is 0 Å². The van der Waals surface area contributed by atoms with Crippen molar-refractivity contribution in [2.45, 2.75) is 19.6 Å². The highest BCUT2D eigenvalue weighted by Gasteiger charge is 2.04. The minimum Gasteiger partial charge on any atom is -0.489 e. The minimum absolute atomic E-state index is 0.0714. The fraction of sp³-hybridized carbons (Fsp3) is 0.188. The Labute approximate surface area is 117 Å². The van der Waals surface area contributed by atoms with Gasteiger partial charge in [-0.3, -0.25) is 0 Å². The van der Waals surface area contributed by atoms with Crippen molar-refractivity contribution in [3.8, 4) is 11.8 Å². The van der Waals surface area contributed by atoms with Crippen molar-refractivity contribution in [1.29, 1.82) is 5.26 Å². The second-order valence-electron chi connectivity index (χ2n) is 4.61. The molecule has 2 rings (SSSR count). The molecule has 0 amide bonds. The smallest absolute Gasteiger partial charge is 0.124 e. The van der Waals surface area contributed by atoms with Gasteiger partial charge in [0.15, 0.2) is 0 Å². The van der Waals surface area contributed by atoms with E-state index in [1.54, 1.807) is 6.07 Å². The summed E-state index contributed by atoms with van der Waals surface area (Å²) in [4.78, 5) is 0. The molecule has 2 N–H and O–H groups in total. The third-order valence-electron chi connectivity index (χ3n) is 2.88. The highest BCUT2D eigenvalue weighted by molar-refractivity contribution is 5.34. The summed E-state index contributed by atoms with van der Waals surface area (Å²) < 4.78 is 18.9. The molecule has 0 heterocycles.